The SMILES string of the molecule is CCCS(=O)(=O)CCOc1cccc(C(N)=S)c1. The number of sulfone groups is 1. The lowest BCUT2D eigenvalue weighted by molar-refractivity contribution is 0.341. The van der Waals surface area contributed by atoms with Crippen molar-refractivity contribution in [2.24, 2.45) is 5.73 Å². The van der Waals surface area contributed by atoms with E-state index in [1.54, 1.807) is 24.3 Å². The zero-order valence-corrected chi connectivity index (χ0v) is 11.9. The molecule has 0 fully saturated rings. The lowest BCUT2D eigenvalue weighted by Gasteiger charge is -2.07. The molecule has 0 aromatic heterocycles. The van der Waals surface area contributed by atoms with Crippen molar-refractivity contribution in [2.45, 2.75) is 13.3 Å². The van der Waals surface area contributed by atoms with Crippen molar-refractivity contribution < 1.29 is 13.2 Å². The Balaban J connectivity index is 2.54. The number of rotatable bonds is 7. The molecule has 0 spiro atoms. The third-order valence-corrected chi connectivity index (χ3v) is 4.35. The zero-order valence-electron chi connectivity index (χ0n) is 10.3. The number of benzene rings is 1. The molecule has 18 heavy (non-hydrogen) atoms. The Bertz CT molecular complexity index is 512. The van der Waals surface area contributed by atoms with Crippen molar-refractivity contribution in [3.63, 3.8) is 0 Å². The number of thiocarbonyl (C=S) groups is 1. The fourth-order valence-corrected chi connectivity index (χ4v) is 2.73. The lowest BCUT2D eigenvalue weighted by Crippen LogP contribution is -2.17. The first-order valence-electron chi connectivity index (χ1n) is 5.67. The van der Waals surface area contributed by atoms with E-state index in [9.17, 15) is 8.42 Å². The van der Waals surface area contributed by atoms with E-state index in [1.165, 1.54) is 0 Å². The summed E-state index contributed by atoms with van der Waals surface area (Å²) in [5.74, 6) is 0.800. The fraction of sp³-hybridized carbons (Fsp3) is 0.417. The summed E-state index contributed by atoms with van der Waals surface area (Å²) in [7, 11) is -3.00. The number of nitrogens with two attached hydrogens (primary N) is 1. The number of hydrogen-bond donors (Lipinski definition) is 1. The molecule has 1 aromatic rings. The standard InChI is InChI=1S/C12H17NO3S2/c1-2-7-18(14,15)8-6-16-11-5-3-4-10(9-11)12(13)17/h3-5,9H,2,6-8H2,1H3,(H2,13,17). The fourth-order valence-electron chi connectivity index (χ4n) is 1.44. The molecule has 0 unspecified atom stereocenters. The van der Waals surface area contributed by atoms with Crippen LogP contribution in [0.4, 0.5) is 0 Å². The molecule has 0 bridgehead atoms. The second-order valence-electron chi connectivity index (χ2n) is 3.89. The van der Waals surface area contributed by atoms with Gasteiger partial charge in [0.1, 0.15) is 17.3 Å². The summed E-state index contributed by atoms with van der Waals surface area (Å²) in [6.45, 7) is 1.98. The van der Waals surface area contributed by atoms with Crippen molar-refractivity contribution in [2.75, 3.05) is 18.1 Å². The summed E-state index contributed by atoms with van der Waals surface area (Å²) in [5, 5.41) is 0. The van der Waals surface area contributed by atoms with Crippen LogP contribution in [-0.4, -0.2) is 31.5 Å². The van der Waals surface area contributed by atoms with Gasteiger partial charge in [0, 0.05) is 5.56 Å². The van der Waals surface area contributed by atoms with E-state index in [0.29, 0.717) is 22.7 Å². The summed E-state index contributed by atoms with van der Waals surface area (Å²) < 4.78 is 28.3. The average Bonchev–Trinajstić information content (AvgIpc) is 2.29. The van der Waals surface area contributed by atoms with Gasteiger partial charge in [-0.1, -0.05) is 31.3 Å². The lowest BCUT2D eigenvalue weighted by atomic mass is 10.2. The summed E-state index contributed by atoms with van der Waals surface area (Å²) in [6.07, 6.45) is 0.624. The van der Waals surface area contributed by atoms with Crippen LogP contribution in [0.2, 0.25) is 0 Å². The Morgan fingerprint density at radius 2 is 2.11 bits per heavy atom. The number of ether oxygens (including phenoxy) is 1. The summed E-state index contributed by atoms with van der Waals surface area (Å²) in [5.41, 5.74) is 6.21. The van der Waals surface area contributed by atoms with Crippen LogP contribution in [0, 0.1) is 0 Å². The van der Waals surface area contributed by atoms with Crippen molar-refractivity contribution in [3.05, 3.63) is 29.8 Å². The topological polar surface area (TPSA) is 69.4 Å². The van der Waals surface area contributed by atoms with Crippen LogP contribution in [0.25, 0.3) is 0 Å². The van der Waals surface area contributed by atoms with E-state index >= 15 is 0 Å². The molecule has 4 nitrogen and oxygen atoms in total. The van der Waals surface area contributed by atoms with Crippen LogP contribution in [0.3, 0.4) is 0 Å². The van der Waals surface area contributed by atoms with Crippen molar-refractivity contribution in [1.29, 1.82) is 0 Å². The van der Waals surface area contributed by atoms with Gasteiger partial charge in [0.2, 0.25) is 0 Å². The highest BCUT2D eigenvalue weighted by atomic mass is 32.2. The second-order valence-corrected chi connectivity index (χ2v) is 6.64. The van der Waals surface area contributed by atoms with Gasteiger partial charge in [0.05, 0.1) is 11.5 Å². The van der Waals surface area contributed by atoms with E-state index in [1.807, 2.05) is 6.92 Å². The molecule has 0 amide bonds. The van der Waals surface area contributed by atoms with Gasteiger partial charge in [-0.05, 0) is 18.6 Å². The molecular formula is C12H17NO3S2. The Labute approximate surface area is 113 Å². The molecule has 0 saturated heterocycles. The molecular weight excluding hydrogens is 270 g/mol. The van der Waals surface area contributed by atoms with Gasteiger partial charge in [0.15, 0.2) is 9.84 Å². The van der Waals surface area contributed by atoms with Gasteiger partial charge in [-0.15, -0.1) is 0 Å². The molecule has 100 valence electrons. The first-order chi connectivity index (χ1) is 8.44. The first kappa shape index (κ1) is 14.9. The largest absolute Gasteiger partial charge is 0.493 e. The monoisotopic (exact) mass is 287 g/mol. The quantitative estimate of drug-likeness (QED) is 0.770. The highest BCUT2D eigenvalue weighted by molar-refractivity contribution is 7.91. The molecule has 6 heteroatoms. The molecule has 0 atom stereocenters. The normalized spacial score (nSPS) is 11.2. The van der Waals surface area contributed by atoms with Gasteiger partial charge in [-0.3, -0.25) is 0 Å². The number of hydrogen-bond acceptors (Lipinski definition) is 4. The summed E-state index contributed by atoms with van der Waals surface area (Å²) in [4.78, 5) is 0.291. The van der Waals surface area contributed by atoms with E-state index in [0.717, 1.165) is 0 Å². The molecule has 0 aliphatic rings. The van der Waals surface area contributed by atoms with Crippen molar-refractivity contribution in [1.82, 2.24) is 0 Å². The maximum absolute atomic E-state index is 11.5. The van der Waals surface area contributed by atoms with Crippen molar-refractivity contribution in [3.8, 4) is 5.75 Å². The smallest absolute Gasteiger partial charge is 0.153 e. The minimum absolute atomic E-state index is 0.0259. The minimum atomic E-state index is -3.00. The Morgan fingerprint density at radius 1 is 1.39 bits per heavy atom. The third kappa shape index (κ3) is 5.01. The van der Waals surface area contributed by atoms with Crippen LogP contribution in [-0.2, 0) is 9.84 Å². The molecule has 0 radical (unpaired) electrons. The highest BCUT2D eigenvalue weighted by Gasteiger charge is 2.09. The van der Waals surface area contributed by atoms with E-state index in [4.69, 9.17) is 22.7 Å². The third-order valence-electron chi connectivity index (χ3n) is 2.30. The summed E-state index contributed by atoms with van der Waals surface area (Å²) in [6, 6.07) is 7.00. The van der Waals surface area contributed by atoms with Crippen LogP contribution < -0.4 is 10.5 Å². The van der Waals surface area contributed by atoms with Gasteiger partial charge >= 0.3 is 0 Å². The van der Waals surface area contributed by atoms with Crippen LogP contribution >= 0.6 is 12.2 Å². The highest BCUT2D eigenvalue weighted by Crippen LogP contribution is 2.13. The first-order valence-corrected chi connectivity index (χ1v) is 7.90. The molecule has 1 aromatic carbocycles. The molecule has 0 saturated carbocycles. The Morgan fingerprint density at radius 3 is 2.72 bits per heavy atom. The van der Waals surface area contributed by atoms with Gasteiger partial charge < -0.3 is 10.5 Å². The van der Waals surface area contributed by atoms with E-state index in [2.05, 4.69) is 0 Å². The Hall–Kier alpha value is -1.14. The van der Waals surface area contributed by atoms with Crippen LogP contribution in [0.15, 0.2) is 24.3 Å². The Kier molecular flexibility index (Phi) is 5.55. The molecule has 2 N–H and O–H groups in total. The van der Waals surface area contributed by atoms with Crippen molar-refractivity contribution >= 4 is 27.0 Å². The second kappa shape index (κ2) is 6.70. The van der Waals surface area contributed by atoms with Gasteiger partial charge in [0.25, 0.3) is 0 Å². The van der Waals surface area contributed by atoms with E-state index < -0.39 is 9.84 Å². The van der Waals surface area contributed by atoms with Crippen LogP contribution in [0.5, 0.6) is 5.75 Å². The zero-order chi connectivity index (χ0) is 13.6. The maximum atomic E-state index is 11.5. The van der Waals surface area contributed by atoms with Gasteiger partial charge in [-0.25, -0.2) is 8.42 Å². The van der Waals surface area contributed by atoms with Gasteiger partial charge in [-0.2, -0.15) is 0 Å². The maximum Gasteiger partial charge on any atom is 0.153 e. The van der Waals surface area contributed by atoms with Crippen LogP contribution in [0.1, 0.15) is 18.9 Å². The minimum Gasteiger partial charge on any atom is -0.493 e. The summed E-state index contributed by atoms with van der Waals surface area (Å²) >= 11 is 4.85. The van der Waals surface area contributed by atoms with E-state index in [-0.39, 0.29) is 18.1 Å². The predicted molar refractivity (Wildman–Crippen MR) is 76.8 cm³/mol. The average molecular weight is 287 g/mol. The molecule has 1 rings (SSSR count). The predicted octanol–water partition coefficient (Wildman–Crippen LogP) is 1.52. The molecule has 0 aliphatic heterocycles. The molecule has 0 heterocycles. The molecule has 0 aliphatic carbocycles.